The summed E-state index contributed by atoms with van der Waals surface area (Å²) in [7, 11) is 0. The summed E-state index contributed by atoms with van der Waals surface area (Å²) < 4.78 is 11.9. The number of hydrogen-bond donors (Lipinski definition) is 0. The van der Waals surface area contributed by atoms with Crippen molar-refractivity contribution in [3.63, 3.8) is 0 Å². The van der Waals surface area contributed by atoms with E-state index in [-0.39, 0.29) is 0 Å². The van der Waals surface area contributed by atoms with Crippen LogP contribution in [0.3, 0.4) is 0 Å². The van der Waals surface area contributed by atoms with Crippen LogP contribution in [0.2, 0.25) is 0 Å². The highest BCUT2D eigenvalue weighted by Crippen LogP contribution is 2.21. The molecule has 6 heteroatoms. The maximum atomic E-state index is 11.6. The average Bonchev–Trinajstić information content (AvgIpc) is 3.00. The third-order valence-electron chi connectivity index (χ3n) is 3.19. The molecule has 0 amide bonds. The molecular formula is C16H17N3O3. The van der Waals surface area contributed by atoms with E-state index >= 15 is 0 Å². The number of nitrogens with zero attached hydrogens (tertiary/aromatic N) is 3. The number of carbonyl (C=O) groups excluding carboxylic acids is 1. The molecule has 0 saturated heterocycles. The number of carbonyl (C=O) groups is 1. The Hall–Kier alpha value is -2.81. The van der Waals surface area contributed by atoms with Crippen molar-refractivity contribution in [1.82, 2.24) is 9.72 Å². The van der Waals surface area contributed by atoms with Crippen LogP contribution in [0.1, 0.15) is 29.6 Å². The number of hydrogen-bond acceptors (Lipinski definition) is 5. The highest BCUT2D eigenvalue weighted by atomic mass is 16.5. The second-order valence-corrected chi connectivity index (χ2v) is 5.00. The molecular weight excluding hydrogens is 282 g/mol. The zero-order chi connectivity index (χ0) is 16.3. The molecule has 0 bridgehead atoms. The number of rotatable bonds is 4. The van der Waals surface area contributed by atoms with Gasteiger partial charge in [0.05, 0.1) is 0 Å². The minimum Gasteiger partial charge on any atom is -0.444 e. The van der Waals surface area contributed by atoms with E-state index in [9.17, 15) is 4.79 Å². The molecule has 0 aliphatic rings. The Kier molecular flexibility index (Phi) is 4.47. The summed E-state index contributed by atoms with van der Waals surface area (Å²) in [4.78, 5) is 11.6. The number of aromatic nitrogens is 2. The second-order valence-electron chi connectivity index (χ2n) is 5.00. The maximum absolute atomic E-state index is 11.6. The highest BCUT2D eigenvalue weighted by molar-refractivity contribution is 5.87. The van der Waals surface area contributed by atoms with E-state index in [2.05, 4.69) is 5.16 Å². The molecule has 114 valence electrons. The lowest BCUT2D eigenvalue weighted by molar-refractivity contribution is -0.139. The Labute approximate surface area is 128 Å². The first-order valence-corrected chi connectivity index (χ1v) is 6.83. The van der Waals surface area contributed by atoms with Crippen molar-refractivity contribution in [2.24, 2.45) is 0 Å². The molecule has 22 heavy (non-hydrogen) atoms. The van der Waals surface area contributed by atoms with E-state index in [1.807, 2.05) is 43.5 Å². The third kappa shape index (κ3) is 3.26. The fourth-order valence-electron chi connectivity index (χ4n) is 2.17. The van der Waals surface area contributed by atoms with Gasteiger partial charge in [0, 0.05) is 23.5 Å². The Morgan fingerprint density at radius 3 is 2.77 bits per heavy atom. The average molecular weight is 299 g/mol. The Bertz CT molecular complexity index is 762. The van der Waals surface area contributed by atoms with Crippen molar-refractivity contribution in [3.05, 3.63) is 40.9 Å². The van der Waals surface area contributed by atoms with E-state index in [0.717, 1.165) is 22.7 Å². The van der Waals surface area contributed by atoms with Gasteiger partial charge >= 0.3 is 5.97 Å². The number of ether oxygens (including phenoxy) is 1. The van der Waals surface area contributed by atoms with E-state index in [4.69, 9.17) is 14.5 Å². The first-order chi connectivity index (χ1) is 10.4. The first-order valence-electron chi connectivity index (χ1n) is 6.83. The summed E-state index contributed by atoms with van der Waals surface area (Å²) >= 11 is 0. The predicted molar refractivity (Wildman–Crippen MR) is 80.2 cm³/mol. The summed E-state index contributed by atoms with van der Waals surface area (Å²) in [6.45, 7) is 7.23. The number of aryl methyl sites for hydroxylation is 2. The van der Waals surface area contributed by atoms with Gasteiger partial charge < -0.3 is 9.26 Å². The van der Waals surface area contributed by atoms with Gasteiger partial charge in [0.15, 0.2) is 11.9 Å². The molecule has 0 radical (unpaired) electrons. The van der Waals surface area contributed by atoms with Gasteiger partial charge in [0.1, 0.15) is 11.8 Å². The predicted octanol–water partition coefficient (Wildman–Crippen LogP) is 2.86. The molecule has 0 fully saturated rings. The van der Waals surface area contributed by atoms with Gasteiger partial charge in [-0.1, -0.05) is 5.16 Å². The van der Waals surface area contributed by atoms with Crippen LogP contribution in [0.25, 0.3) is 11.9 Å². The molecule has 1 unspecified atom stereocenters. The molecule has 2 aromatic heterocycles. The summed E-state index contributed by atoms with van der Waals surface area (Å²) in [5.41, 5.74) is 2.78. The standard InChI is InChI=1S/C16H17N3O3/c1-10-7-14(5-6-16(20)21-12(3)9-17)13(4)19(10)15-8-11(2)22-18-15/h5-8,12H,1-4H3/b6-5+. The molecule has 0 spiro atoms. The van der Waals surface area contributed by atoms with Crippen molar-refractivity contribution in [3.8, 4) is 11.9 Å². The second kappa shape index (κ2) is 6.31. The molecule has 0 aromatic carbocycles. The summed E-state index contributed by atoms with van der Waals surface area (Å²) in [5.74, 6) is 0.887. The van der Waals surface area contributed by atoms with Crippen molar-refractivity contribution >= 4 is 12.0 Å². The van der Waals surface area contributed by atoms with Crippen LogP contribution in [-0.2, 0) is 9.53 Å². The number of esters is 1. The summed E-state index contributed by atoms with van der Waals surface area (Å²) in [6.07, 6.45) is 2.22. The number of nitriles is 1. The smallest absolute Gasteiger partial charge is 0.332 e. The molecule has 2 rings (SSSR count). The molecule has 0 N–H and O–H groups in total. The Morgan fingerprint density at radius 1 is 1.45 bits per heavy atom. The van der Waals surface area contributed by atoms with Crippen molar-refractivity contribution in [2.75, 3.05) is 0 Å². The molecule has 0 saturated carbocycles. The quantitative estimate of drug-likeness (QED) is 0.640. The van der Waals surface area contributed by atoms with Crippen LogP contribution in [0.15, 0.2) is 22.7 Å². The van der Waals surface area contributed by atoms with E-state index in [1.54, 1.807) is 6.08 Å². The molecule has 6 nitrogen and oxygen atoms in total. The molecule has 0 aliphatic carbocycles. The molecule has 2 heterocycles. The van der Waals surface area contributed by atoms with Gasteiger partial charge in [-0.3, -0.25) is 4.57 Å². The SMILES string of the molecule is Cc1cc(-n2c(C)cc(/C=C/C(=O)OC(C)C#N)c2C)no1. The van der Waals surface area contributed by atoms with Crippen LogP contribution in [-0.4, -0.2) is 21.8 Å². The monoisotopic (exact) mass is 299 g/mol. The fourth-order valence-corrected chi connectivity index (χ4v) is 2.17. The lowest BCUT2D eigenvalue weighted by atomic mass is 10.2. The van der Waals surface area contributed by atoms with Crippen LogP contribution in [0.4, 0.5) is 0 Å². The third-order valence-corrected chi connectivity index (χ3v) is 3.19. The van der Waals surface area contributed by atoms with Gasteiger partial charge in [0.25, 0.3) is 0 Å². The van der Waals surface area contributed by atoms with Crippen LogP contribution < -0.4 is 0 Å². The minimum absolute atomic E-state index is 0.545. The van der Waals surface area contributed by atoms with Crippen LogP contribution in [0.5, 0.6) is 0 Å². The normalized spacial score (nSPS) is 12.3. The van der Waals surface area contributed by atoms with Gasteiger partial charge in [-0.15, -0.1) is 0 Å². The van der Waals surface area contributed by atoms with Gasteiger partial charge in [-0.2, -0.15) is 5.26 Å². The van der Waals surface area contributed by atoms with Crippen molar-refractivity contribution in [1.29, 1.82) is 5.26 Å². The van der Waals surface area contributed by atoms with E-state index in [1.165, 1.54) is 13.0 Å². The lowest BCUT2D eigenvalue weighted by Gasteiger charge is -2.04. The van der Waals surface area contributed by atoms with Crippen molar-refractivity contribution in [2.45, 2.75) is 33.8 Å². The maximum Gasteiger partial charge on any atom is 0.332 e. The summed E-state index contributed by atoms with van der Waals surface area (Å²) in [6, 6.07) is 5.63. The van der Waals surface area contributed by atoms with Gasteiger partial charge in [-0.05, 0) is 45.4 Å². The zero-order valence-corrected chi connectivity index (χ0v) is 13.0. The van der Waals surface area contributed by atoms with Crippen LogP contribution in [0, 0.1) is 32.1 Å². The fraction of sp³-hybridized carbons (Fsp3) is 0.312. The van der Waals surface area contributed by atoms with Gasteiger partial charge in [-0.25, -0.2) is 4.79 Å². The molecule has 0 aliphatic heterocycles. The van der Waals surface area contributed by atoms with Gasteiger partial charge in [0.2, 0.25) is 0 Å². The minimum atomic E-state index is -0.761. The first kappa shape index (κ1) is 15.6. The molecule has 1 atom stereocenters. The van der Waals surface area contributed by atoms with Crippen LogP contribution >= 0.6 is 0 Å². The topological polar surface area (TPSA) is 81.0 Å². The largest absolute Gasteiger partial charge is 0.444 e. The summed E-state index contributed by atoms with van der Waals surface area (Å²) in [5, 5.41) is 12.6. The molecule has 2 aromatic rings. The lowest BCUT2D eigenvalue weighted by Crippen LogP contribution is -2.10. The van der Waals surface area contributed by atoms with E-state index < -0.39 is 12.1 Å². The Morgan fingerprint density at radius 2 is 2.18 bits per heavy atom. The van der Waals surface area contributed by atoms with Crippen molar-refractivity contribution < 1.29 is 14.1 Å². The zero-order valence-electron chi connectivity index (χ0n) is 13.0. The Balaban J connectivity index is 2.24. The highest BCUT2D eigenvalue weighted by Gasteiger charge is 2.12. The van der Waals surface area contributed by atoms with E-state index in [0.29, 0.717) is 5.82 Å².